The highest BCUT2D eigenvalue weighted by Gasteiger charge is 2.24. The number of fused-ring (bicyclic) bond motifs is 1. The number of halogens is 1. The second kappa shape index (κ2) is 5.48. The number of hydrogen-bond donors (Lipinski definition) is 2. The molecule has 6 heteroatoms. The summed E-state index contributed by atoms with van der Waals surface area (Å²) in [7, 11) is 0. The van der Waals surface area contributed by atoms with Crippen molar-refractivity contribution in [2.45, 2.75) is 12.3 Å². The van der Waals surface area contributed by atoms with Gasteiger partial charge in [0, 0.05) is 34.6 Å². The Labute approximate surface area is 124 Å². The highest BCUT2D eigenvalue weighted by Crippen LogP contribution is 2.33. The number of carbonyl (C=O) groups excluding carboxylic acids is 1. The number of benzene rings is 1. The quantitative estimate of drug-likeness (QED) is 0.708. The summed E-state index contributed by atoms with van der Waals surface area (Å²) < 4.78 is 19.3. The van der Waals surface area contributed by atoms with Crippen LogP contribution < -0.4 is 0 Å². The van der Waals surface area contributed by atoms with Gasteiger partial charge in [0.25, 0.3) is 0 Å². The minimum Gasteiger partial charge on any atom is -0.481 e. The molecule has 0 saturated carbocycles. The van der Waals surface area contributed by atoms with Gasteiger partial charge in [0.2, 0.25) is 0 Å². The summed E-state index contributed by atoms with van der Waals surface area (Å²) in [6.07, 6.45) is 3.36. The number of aromatic amines is 1. The fourth-order valence-electron chi connectivity index (χ4n) is 2.48. The Morgan fingerprint density at radius 1 is 1.45 bits per heavy atom. The van der Waals surface area contributed by atoms with Crippen LogP contribution in [0.5, 0.6) is 0 Å². The lowest BCUT2D eigenvalue weighted by Crippen LogP contribution is -2.11. The van der Waals surface area contributed by atoms with Crippen molar-refractivity contribution in [1.29, 1.82) is 0 Å². The number of aromatic nitrogens is 1. The Morgan fingerprint density at radius 3 is 3.00 bits per heavy atom. The summed E-state index contributed by atoms with van der Waals surface area (Å²) in [6, 6.07) is 6.23. The molecule has 1 aromatic carbocycles. The number of carboxylic acids is 1. The van der Waals surface area contributed by atoms with Crippen LogP contribution in [0.2, 0.25) is 0 Å². The Hall–Kier alpha value is -2.89. The van der Waals surface area contributed by atoms with Crippen molar-refractivity contribution in [2.75, 3.05) is 0 Å². The van der Waals surface area contributed by atoms with E-state index >= 15 is 0 Å². The van der Waals surface area contributed by atoms with Crippen molar-refractivity contribution in [1.82, 2.24) is 4.98 Å². The predicted molar refractivity (Wildman–Crippen MR) is 77.0 cm³/mol. The Bertz CT molecular complexity index is 849. The third-order valence-corrected chi connectivity index (χ3v) is 3.56. The molecule has 2 N–H and O–H groups in total. The minimum atomic E-state index is -1.14. The zero-order valence-electron chi connectivity index (χ0n) is 11.4. The molecule has 5 nitrogen and oxygen atoms in total. The molecule has 0 aliphatic rings. The summed E-state index contributed by atoms with van der Waals surface area (Å²) in [5.74, 6) is -2.39. The minimum absolute atomic E-state index is 0.167. The van der Waals surface area contributed by atoms with E-state index in [4.69, 9.17) is 9.52 Å². The number of H-pyrrole nitrogens is 1. The van der Waals surface area contributed by atoms with Crippen LogP contribution in [0.25, 0.3) is 22.0 Å². The zero-order chi connectivity index (χ0) is 15.7. The SMILES string of the molecule is O=CCC(C(=O)O)c1cc(-c2c[nH]c3cccc(F)c23)co1. The summed E-state index contributed by atoms with van der Waals surface area (Å²) in [4.78, 5) is 24.7. The largest absolute Gasteiger partial charge is 0.481 e. The summed E-state index contributed by atoms with van der Waals surface area (Å²) in [5.41, 5.74) is 1.78. The van der Waals surface area contributed by atoms with Gasteiger partial charge in [-0.3, -0.25) is 4.79 Å². The Morgan fingerprint density at radius 2 is 2.27 bits per heavy atom. The molecule has 22 heavy (non-hydrogen) atoms. The van der Waals surface area contributed by atoms with E-state index in [-0.39, 0.29) is 18.0 Å². The van der Waals surface area contributed by atoms with Crippen molar-refractivity contribution >= 4 is 23.2 Å². The highest BCUT2D eigenvalue weighted by molar-refractivity contribution is 5.96. The smallest absolute Gasteiger partial charge is 0.314 e. The number of rotatable bonds is 5. The van der Waals surface area contributed by atoms with Crippen molar-refractivity contribution in [2.24, 2.45) is 0 Å². The third-order valence-electron chi connectivity index (χ3n) is 3.56. The van der Waals surface area contributed by atoms with Crippen LogP contribution in [0.3, 0.4) is 0 Å². The molecule has 1 unspecified atom stereocenters. The number of nitrogens with one attached hydrogen (secondary N) is 1. The van der Waals surface area contributed by atoms with Crippen molar-refractivity contribution in [3.63, 3.8) is 0 Å². The monoisotopic (exact) mass is 301 g/mol. The van der Waals surface area contributed by atoms with Gasteiger partial charge in [0.1, 0.15) is 23.8 Å². The molecule has 0 amide bonds. The topological polar surface area (TPSA) is 83.3 Å². The molecular weight excluding hydrogens is 289 g/mol. The van der Waals surface area contributed by atoms with Crippen molar-refractivity contribution in [3.8, 4) is 11.1 Å². The van der Waals surface area contributed by atoms with Gasteiger partial charge in [-0.1, -0.05) is 6.07 Å². The maximum atomic E-state index is 14.0. The van der Waals surface area contributed by atoms with Gasteiger partial charge >= 0.3 is 5.97 Å². The van der Waals surface area contributed by atoms with Gasteiger partial charge < -0.3 is 19.3 Å². The molecule has 0 radical (unpaired) electrons. The molecule has 2 heterocycles. The average molecular weight is 301 g/mol. The predicted octanol–water partition coefficient (Wildman–Crippen LogP) is 3.32. The molecule has 0 fully saturated rings. The maximum absolute atomic E-state index is 14.0. The molecule has 0 bridgehead atoms. The van der Waals surface area contributed by atoms with E-state index in [1.165, 1.54) is 18.4 Å². The number of hydrogen-bond acceptors (Lipinski definition) is 3. The first-order chi connectivity index (χ1) is 10.6. The van der Waals surface area contributed by atoms with Crippen LogP contribution in [0.1, 0.15) is 18.1 Å². The van der Waals surface area contributed by atoms with Crippen LogP contribution in [0.15, 0.2) is 41.1 Å². The van der Waals surface area contributed by atoms with Crippen molar-refractivity contribution in [3.05, 3.63) is 48.3 Å². The molecular formula is C16H12FNO4. The number of carbonyl (C=O) groups is 2. The Kier molecular flexibility index (Phi) is 3.50. The van der Waals surface area contributed by atoms with Gasteiger partial charge in [-0.2, -0.15) is 0 Å². The second-order valence-electron chi connectivity index (χ2n) is 4.90. The lowest BCUT2D eigenvalue weighted by Gasteiger charge is -2.03. The zero-order valence-corrected chi connectivity index (χ0v) is 11.4. The number of aldehydes is 1. The van der Waals surface area contributed by atoms with Gasteiger partial charge in [-0.25, -0.2) is 4.39 Å². The van der Waals surface area contributed by atoms with Gasteiger partial charge in [0.05, 0.1) is 6.26 Å². The van der Waals surface area contributed by atoms with Crippen LogP contribution >= 0.6 is 0 Å². The molecule has 0 aliphatic carbocycles. The fraction of sp³-hybridized carbons (Fsp3) is 0.125. The van der Waals surface area contributed by atoms with Crippen LogP contribution in [0.4, 0.5) is 4.39 Å². The van der Waals surface area contributed by atoms with E-state index < -0.39 is 11.9 Å². The number of aliphatic carboxylic acids is 1. The molecule has 3 aromatic rings. The Balaban J connectivity index is 2.06. The first-order valence-corrected chi connectivity index (χ1v) is 6.62. The fourth-order valence-corrected chi connectivity index (χ4v) is 2.48. The molecule has 0 saturated heterocycles. The number of carboxylic acid groups (broad SMARTS) is 1. The summed E-state index contributed by atoms with van der Waals surface area (Å²) in [6.45, 7) is 0. The molecule has 0 aliphatic heterocycles. The lowest BCUT2D eigenvalue weighted by molar-refractivity contribution is -0.140. The maximum Gasteiger partial charge on any atom is 0.314 e. The summed E-state index contributed by atoms with van der Waals surface area (Å²) >= 11 is 0. The standard InChI is InChI=1S/C16H12FNO4/c17-12-2-1-3-13-15(12)11(7-18-13)9-6-14(22-8-9)10(4-5-19)16(20)21/h1-3,5-8,10,18H,4H2,(H,20,21). The molecule has 0 spiro atoms. The van der Waals surface area contributed by atoms with Gasteiger partial charge in [-0.15, -0.1) is 0 Å². The number of furan rings is 1. The third kappa shape index (κ3) is 2.28. The first kappa shape index (κ1) is 14.1. The summed E-state index contributed by atoms with van der Waals surface area (Å²) in [5, 5.41) is 9.54. The van der Waals surface area contributed by atoms with E-state index in [2.05, 4.69) is 4.98 Å². The van der Waals surface area contributed by atoms with E-state index in [9.17, 15) is 14.0 Å². The lowest BCUT2D eigenvalue weighted by atomic mass is 10.0. The van der Waals surface area contributed by atoms with Crippen LogP contribution in [-0.4, -0.2) is 22.3 Å². The normalized spacial score (nSPS) is 12.4. The molecule has 112 valence electrons. The molecule has 3 rings (SSSR count). The molecule has 2 aromatic heterocycles. The van der Waals surface area contributed by atoms with E-state index in [0.29, 0.717) is 28.3 Å². The first-order valence-electron chi connectivity index (χ1n) is 6.62. The van der Waals surface area contributed by atoms with Crippen LogP contribution in [0, 0.1) is 5.82 Å². The van der Waals surface area contributed by atoms with E-state index in [1.807, 2.05) is 0 Å². The van der Waals surface area contributed by atoms with E-state index in [0.717, 1.165) is 0 Å². The van der Waals surface area contributed by atoms with Crippen LogP contribution in [-0.2, 0) is 9.59 Å². The van der Waals surface area contributed by atoms with Crippen molar-refractivity contribution < 1.29 is 23.5 Å². The second-order valence-corrected chi connectivity index (χ2v) is 4.90. The highest BCUT2D eigenvalue weighted by atomic mass is 19.1. The molecule has 1 atom stereocenters. The van der Waals surface area contributed by atoms with E-state index in [1.54, 1.807) is 18.3 Å². The average Bonchev–Trinajstić information content (AvgIpc) is 3.11. The van der Waals surface area contributed by atoms with Gasteiger partial charge in [-0.05, 0) is 18.2 Å². The van der Waals surface area contributed by atoms with Gasteiger partial charge in [0.15, 0.2) is 0 Å².